The number of fused-ring (bicyclic) bond motifs is 2. The van der Waals surface area contributed by atoms with Gasteiger partial charge in [-0.2, -0.15) is 0 Å². The van der Waals surface area contributed by atoms with E-state index in [9.17, 15) is 9.59 Å². The minimum absolute atomic E-state index is 0.00809. The van der Waals surface area contributed by atoms with Crippen LogP contribution < -0.4 is 18.9 Å². The molecule has 0 N–H and O–H groups in total. The summed E-state index contributed by atoms with van der Waals surface area (Å²) in [5, 5.41) is 0.881. The Hall–Kier alpha value is -6.08. The molecular formula is C40H30O7. The Morgan fingerprint density at radius 2 is 0.681 bits per heavy atom. The number of carbonyl (C=O) groups excluding carboxylic acids is 2. The van der Waals surface area contributed by atoms with E-state index in [0.717, 1.165) is 22.3 Å². The first kappa shape index (κ1) is 29.6. The Morgan fingerprint density at radius 1 is 0.383 bits per heavy atom. The molecule has 6 aromatic carbocycles. The molecule has 0 radical (unpaired) electrons. The van der Waals surface area contributed by atoms with Crippen LogP contribution in [0.15, 0.2) is 133 Å². The topological polar surface area (TPSA) is 80.3 Å². The second kappa shape index (κ2) is 13.5. The van der Waals surface area contributed by atoms with Crippen LogP contribution in [0.25, 0.3) is 10.8 Å². The lowest BCUT2D eigenvalue weighted by molar-refractivity contribution is 0.0441. The summed E-state index contributed by atoms with van der Waals surface area (Å²) in [4.78, 5) is 26.8. The Kier molecular flexibility index (Phi) is 8.51. The van der Waals surface area contributed by atoms with Crippen molar-refractivity contribution < 1.29 is 33.3 Å². The fourth-order valence-corrected chi connectivity index (χ4v) is 5.53. The maximum Gasteiger partial charge on any atom is 0.350 e. The fraction of sp³-hybridized carbons (Fsp3) is 0.100. The highest BCUT2D eigenvalue weighted by Crippen LogP contribution is 2.51. The molecule has 7 rings (SSSR count). The van der Waals surface area contributed by atoms with Crippen LogP contribution in [0.3, 0.4) is 0 Å². The Bertz CT molecular complexity index is 1880. The third-order valence-electron chi connectivity index (χ3n) is 7.81. The standard InChI is InChI=1S/C40H30O7/c41-39-35-36(40(42)47-39)38(46-26-30-19-11-4-12-20-30)34-32(44-24-28-15-7-2-8-16-28)22-21-31(43-23-27-13-5-1-6-14-27)33(34)37(35)45-25-29-17-9-3-10-18-29/h1-22H,23-26H2. The van der Waals surface area contributed by atoms with Gasteiger partial charge in [0, 0.05) is 0 Å². The molecule has 1 aliphatic heterocycles. The van der Waals surface area contributed by atoms with E-state index in [2.05, 4.69) is 0 Å². The highest BCUT2D eigenvalue weighted by molar-refractivity contribution is 6.23. The molecule has 0 unspecified atom stereocenters. The van der Waals surface area contributed by atoms with E-state index < -0.39 is 11.9 Å². The van der Waals surface area contributed by atoms with Crippen LogP contribution in [0.1, 0.15) is 43.0 Å². The molecule has 0 fully saturated rings. The van der Waals surface area contributed by atoms with E-state index in [1.807, 2.05) is 121 Å². The van der Waals surface area contributed by atoms with Crippen molar-refractivity contribution in [2.75, 3.05) is 0 Å². The molecule has 0 aromatic heterocycles. The number of hydrogen-bond acceptors (Lipinski definition) is 7. The third kappa shape index (κ3) is 6.37. The fourth-order valence-electron chi connectivity index (χ4n) is 5.53. The first-order chi connectivity index (χ1) is 23.2. The number of carbonyl (C=O) groups is 2. The first-order valence-corrected chi connectivity index (χ1v) is 15.3. The lowest BCUT2D eigenvalue weighted by atomic mass is 9.97. The van der Waals surface area contributed by atoms with E-state index in [1.165, 1.54) is 0 Å². The molecular weight excluding hydrogens is 592 g/mol. The van der Waals surface area contributed by atoms with Crippen molar-refractivity contribution in [3.8, 4) is 23.0 Å². The molecule has 7 nitrogen and oxygen atoms in total. The average molecular weight is 623 g/mol. The van der Waals surface area contributed by atoms with Gasteiger partial charge in [-0.1, -0.05) is 121 Å². The maximum atomic E-state index is 13.4. The number of benzene rings is 6. The number of hydrogen-bond donors (Lipinski definition) is 0. The highest BCUT2D eigenvalue weighted by atomic mass is 16.6. The Labute approximate surface area is 271 Å². The smallest absolute Gasteiger partial charge is 0.350 e. The quantitative estimate of drug-likeness (QED) is 0.100. The lowest BCUT2D eigenvalue weighted by Gasteiger charge is -2.21. The predicted octanol–water partition coefficient (Wildman–Crippen LogP) is 8.47. The summed E-state index contributed by atoms with van der Waals surface area (Å²) in [7, 11) is 0. The summed E-state index contributed by atoms with van der Waals surface area (Å²) < 4.78 is 31.0. The van der Waals surface area contributed by atoms with Crippen LogP contribution >= 0.6 is 0 Å². The van der Waals surface area contributed by atoms with Gasteiger partial charge in [0.15, 0.2) is 0 Å². The van der Waals surface area contributed by atoms with Crippen molar-refractivity contribution >= 4 is 22.7 Å². The van der Waals surface area contributed by atoms with Crippen molar-refractivity contribution in [2.24, 2.45) is 0 Å². The van der Waals surface area contributed by atoms with Gasteiger partial charge < -0.3 is 23.7 Å². The molecule has 6 aromatic rings. The maximum absolute atomic E-state index is 13.4. The van der Waals surface area contributed by atoms with Crippen LogP contribution in [-0.2, 0) is 31.2 Å². The van der Waals surface area contributed by atoms with Crippen LogP contribution in [-0.4, -0.2) is 11.9 Å². The second-order valence-corrected chi connectivity index (χ2v) is 11.0. The zero-order valence-corrected chi connectivity index (χ0v) is 25.4. The first-order valence-electron chi connectivity index (χ1n) is 15.3. The van der Waals surface area contributed by atoms with E-state index in [-0.39, 0.29) is 49.1 Å². The molecule has 0 saturated heterocycles. The summed E-state index contributed by atoms with van der Waals surface area (Å²) in [5.74, 6) is -0.449. The molecule has 0 aliphatic carbocycles. The molecule has 7 heteroatoms. The summed E-state index contributed by atoms with van der Waals surface area (Å²) in [6.45, 7) is 0.750. The molecule has 0 saturated carbocycles. The molecule has 47 heavy (non-hydrogen) atoms. The molecule has 1 aliphatic rings. The summed E-state index contributed by atoms with van der Waals surface area (Å²) in [6, 6.07) is 42.2. The number of esters is 2. The van der Waals surface area contributed by atoms with E-state index >= 15 is 0 Å². The second-order valence-electron chi connectivity index (χ2n) is 11.0. The van der Waals surface area contributed by atoms with Crippen LogP contribution in [0.4, 0.5) is 0 Å². The highest BCUT2D eigenvalue weighted by Gasteiger charge is 2.41. The van der Waals surface area contributed by atoms with Crippen LogP contribution in [0.5, 0.6) is 23.0 Å². The summed E-state index contributed by atoms with van der Waals surface area (Å²) in [6.07, 6.45) is 0. The SMILES string of the molecule is O=C1OC(=O)c2c1c(OCc1ccccc1)c1c(OCc3ccccc3)ccc(OCc3ccccc3)c1c2OCc1ccccc1. The molecule has 232 valence electrons. The van der Waals surface area contributed by atoms with Gasteiger partial charge in [0.05, 0.1) is 10.8 Å². The molecule has 0 atom stereocenters. The average Bonchev–Trinajstić information content (AvgIpc) is 3.42. The summed E-state index contributed by atoms with van der Waals surface area (Å²) >= 11 is 0. The number of cyclic esters (lactones) is 2. The van der Waals surface area contributed by atoms with Crippen molar-refractivity contribution in [1.29, 1.82) is 0 Å². The van der Waals surface area contributed by atoms with E-state index in [0.29, 0.717) is 22.3 Å². The van der Waals surface area contributed by atoms with Gasteiger partial charge in [-0.15, -0.1) is 0 Å². The van der Waals surface area contributed by atoms with Gasteiger partial charge in [-0.25, -0.2) is 9.59 Å². The van der Waals surface area contributed by atoms with Gasteiger partial charge in [0.1, 0.15) is 60.6 Å². The third-order valence-corrected chi connectivity index (χ3v) is 7.81. The van der Waals surface area contributed by atoms with Crippen molar-refractivity contribution in [1.82, 2.24) is 0 Å². The van der Waals surface area contributed by atoms with E-state index in [4.69, 9.17) is 23.7 Å². The van der Waals surface area contributed by atoms with Crippen molar-refractivity contribution in [2.45, 2.75) is 26.4 Å². The monoisotopic (exact) mass is 622 g/mol. The zero-order valence-electron chi connectivity index (χ0n) is 25.4. The largest absolute Gasteiger partial charge is 0.488 e. The minimum Gasteiger partial charge on any atom is -0.488 e. The summed E-state index contributed by atoms with van der Waals surface area (Å²) in [5.41, 5.74) is 3.64. The predicted molar refractivity (Wildman–Crippen MR) is 177 cm³/mol. The molecule has 0 spiro atoms. The lowest BCUT2D eigenvalue weighted by Crippen LogP contribution is -2.08. The number of rotatable bonds is 12. The van der Waals surface area contributed by atoms with Gasteiger partial charge in [0.2, 0.25) is 0 Å². The van der Waals surface area contributed by atoms with Crippen molar-refractivity contribution in [3.63, 3.8) is 0 Å². The molecule has 0 amide bonds. The van der Waals surface area contributed by atoms with Gasteiger partial charge in [-0.05, 0) is 34.4 Å². The molecule has 1 heterocycles. The Balaban J connectivity index is 1.44. The zero-order chi connectivity index (χ0) is 32.0. The van der Waals surface area contributed by atoms with Gasteiger partial charge in [-0.3, -0.25) is 0 Å². The van der Waals surface area contributed by atoms with Crippen LogP contribution in [0.2, 0.25) is 0 Å². The van der Waals surface area contributed by atoms with Crippen LogP contribution in [0, 0.1) is 0 Å². The van der Waals surface area contributed by atoms with Crippen molar-refractivity contribution in [3.05, 3.63) is 167 Å². The van der Waals surface area contributed by atoms with Gasteiger partial charge in [0.25, 0.3) is 0 Å². The van der Waals surface area contributed by atoms with E-state index in [1.54, 1.807) is 12.1 Å². The molecule has 0 bridgehead atoms. The minimum atomic E-state index is -0.816. The number of ether oxygens (including phenoxy) is 5. The van der Waals surface area contributed by atoms with Gasteiger partial charge >= 0.3 is 11.9 Å². The Morgan fingerprint density at radius 3 is 1.00 bits per heavy atom. The normalized spacial score (nSPS) is 12.0.